The molecule has 0 aromatic carbocycles. The lowest BCUT2D eigenvalue weighted by molar-refractivity contribution is -0.0532. The van der Waals surface area contributed by atoms with Crippen molar-refractivity contribution < 1.29 is 4.74 Å². The summed E-state index contributed by atoms with van der Waals surface area (Å²) in [5, 5.41) is 6.77. The van der Waals surface area contributed by atoms with Gasteiger partial charge in [-0.05, 0) is 45.1 Å². The molecule has 1 saturated carbocycles. The smallest absolute Gasteiger partial charge is 0.125 e. The van der Waals surface area contributed by atoms with Gasteiger partial charge >= 0.3 is 0 Å². The Morgan fingerprint density at radius 2 is 2.21 bits per heavy atom. The summed E-state index contributed by atoms with van der Waals surface area (Å²) in [5.41, 5.74) is 1.03. The van der Waals surface area contributed by atoms with Crippen molar-refractivity contribution in [2.75, 3.05) is 13.7 Å². The summed E-state index contributed by atoms with van der Waals surface area (Å²) in [6.07, 6.45) is 4.69. The van der Waals surface area contributed by atoms with Gasteiger partial charge in [0.2, 0.25) is 0 Å². The van der Waals surface area contributed by atoms with Gasteiger partial charge in [-0.3, -0.25) is 0 Å². The number of rotatable bonds is 5. The highest BCUT2D eigenvalue weighted by Crippen LogP contribution is 2.43. The Morgan fingerprint density at radius 3 is 2.79 bits per heavy atom. The number of nitrogens with zero attached hydrogens (tertiary/aromatic N) is 1. The SMILES string of the molecule is CCNC(C)c1csc(C2(OC)CCC(C)CC2)n1. The molecule has 1 aliphatic rings. The van der Waals surface area contributed by atoms with Crippen molar-refractivity contribution in [2.24, 2.45) is 5.92 Å². The number of nitrogens with one attached hydrogen (secondary N) is 1. The van der Waals surface area contributed by atoms with Crippen LogP contribution < -0.4 is 5.32 Å². The zero-order valence-electron chi connectivity index (χ0n) is 12.5. The van der Waals surface area contributed by atoms with Crippen molar-refractivity contribution >= 4 is 11.3 Å². The van der Waals surface area contributed by atoms with E-state index in [1.54, 1.807) is 11.3 Å². The van der Waals surface area contributed by atoms with E-state index < -0.39 is 0 Å². The van der Waals surface area contributed by atoms with Gasteiger partial charge in [0.05, 0.1) is 5.69 Å². The minimum atomic E-state index is -0.124. The van der Waals surface area contributed by atoms with Crippen LogP contribution in [-0.4, -0.2) is 18.6 Å². The van der Waals surface area contributed by atoms with Gasteiger partial charge in [-0.2, -0.15) is 0 Å². The monoisotopic (exact) mass is 282 g/mol. The molecule has 1 fully saturated rings. The molecule has 0 amide bonds. The van der Waals surface area contributed by atoms with Crippen LogP contribution in [-0.2, 0) is 10.3 Å². The number of ether oxygens (including phenoxy) is 1. The summed E-state index contributed by atoms with van der Waals surface area (Å²) >= 11 is 1.76. The van der Waals surface area contributed by atoms with Crippen LogP contribution in [0.25, 0.3) is 0 Å². The van der Waals surface area contributed by atoms with Crippen molar-refractivity contribution in [3.63, 3.8) is 0 Å². The predicted molar refractivity (Wildman–Crippen MR) is 80.5 cm³/mol. The highest BCUT2D eigenvalue weighted by atomic mass is 32.1. The first-order valence-electron chi connectivity index (χ1n) is 7.35. The number of hydrogen-bond donors (Lipinski definition) is 1. The van der Waals surface area contributed by atoms with Crippen LogP contribution in [0.15, 0.2) is 5.38 Å². The van der Waals surface area contributed by atoms with Gasteiger partial charge in [-0.25, -0.2) is 4.98 Å². The molecule has 0 bridgehead atoms. The second kappa shape index (κ2) is 6.33. The fraction of sp³-hybridized carbons (Fsp3) is 0.800. The number of methoxy groups -OCH3 is 1. The summed E-state index contributed by atoms with van der Waals surface area (Å²) in [6.45, 7) is 7.61. The quantitative estimate of drug-likeness (QED) is 0.890. The molecule has 1 aromatic rings. The van der Waals surface area contributed by atoms with Gasteiger partial charge in [-0.15, -0.1) is 11.3 Å². The Bertz CT molecular complexity index is 397. The minimum absolute atomic E-state index is 0.124. The molecule has 2 rings (SSSR count). The van der Waals surface area contributed by atoms with Gasteiger partial charge in [0.1, 0.15) is 10.6 Å². The fourth-order valence-corrected chi connectivity index (χ4v) is 3.99. The van der Waals surface area contributed by atoms with Crippen molar-refractivity contribution in [3.8, 4) is 0 Å². The Morgan fingerprint density at radius 1 is 1.53 bits per heavy atom. The number of hydrogen-bond acceptors (Lipinski definition) is 4. The van der Waals surface area contributed by atoms with Crippen LogP contribution in [0.4, 0.5) is 0 Å². The molecule has 3 nitrogen and oxygen atoms in total. The van der Waals surface area contributed by atoms with E-state index in [0.29, 0.717) is 6.04 Å². The lowest BCUT2D eigenvalue weighted by Crippen LogP contribution is -2.33. The third kappa shape index (κ3) is 3.18. The van der Waals surface area contributed by atoms with Gasteiger partial charge in [0.15, 0.2) is 0 Å². The zero-order chi connectivity index (χ0) is 13.9. The van der Waals surface area contributed by atoms with Gasteiger partial charge in [0, 0.05) is 18.5 Å². The number of thiazole rings is 1. The molecule has 1 atom stereocenters. The highest BCUT2D eigenvalue weighted by Gasteiger charge is 2.38. The third-order valence-electron chi connectivity index (χ3n) is 4.34. The van der Waals surface area contributed by atoms with E-state index in [1.165, 1.54) is 17.8 Å². The summed E-state index contributed by atoms with van der Waals surface area (Å²) in [5.74, 6) is 0.823. The number of aromatic nitrogens is 1. The Kier molecular flexibility index (Phi) is 4.98. The summed E-state index contributed by atoms with van der Waals surface area (Å²) < 4.78 is 5.89. The molecular formula is C15H26N2OS. The van der Waals surface area contributed by atoms with Gasteiger partial charge in [-0.1, -0.05) is 13.8 Å². The van der Waals surface area contributed by atoms with Crippen molar-refractivity contribution in [3.05, 3.63) is 16.1 Å². The molecule has 1 aromatic heterocycles. The first-order valence-corrected chi connectivity index (χ1v) is 8.23. The Labute approximate surface area is 120 Å². The van der Waals surface area contributed by atoms with Crippen molar-refractivity contribution in [1.29, 1.82) is 0 Å². The molecule has 108 valence electrons. The molecule has 0 spiro atoms. The average molecular weight is 282 g/mol. The van der Waals surface area contributed by atoms with Crippen LogP contribution >= 0.6 is 11.3 Å². The second-order valence-electron chi connectivity index (χ2n) is 5.74. The normalized spacial score (nSPS) is 29.4. The van der Waals surface area contributed by atoms with Crippen molar-refractivity contribution in [2.45, 2.75) is 58.1 Å². The Balaban J connectivity index is 2.15. The standard InChI is InChI=1S/C15H26N2OS/c1-5-16-12(3)13-10-19-14(17-13)15(18-4)8-6-11(2)7-9-15/h10-12,16H,5-9H2,1-4H3. The van der Waals surface area contributed by atoms with Crippen LogP contribution in [0.5, 0.6) is 0 Å². The van der Waals surface area contributed by atoms with E-state index in [-0.39, 0.29) is 5.60 Å². The fourth-order valence-electron chi connectivity index (χ4n) is 2.84. The predicted octanol–water partition coefficient (Wildman–Crippen LogP) is 3.87. The zero-order valence-corrected chi connectivity index (χ0v) is 13.3. The highest BCUT2D eigenvalue weighted by molar-refractivity contribution is 7.09. The van der Waals surface area contributed by atoms with Gasteiger partial charge in [0.25, 0.3) is 0 Å². The van der Waals surface area contributed by atoms with Crippen molar-refractivity contribution in [1.82, 2.24) is 10.3 Å². The molecule has 0 saturated heterocycles. The maximum Gasteiger partial charge on any atom is 0.125 e. The van der Waals surface area contributed by atoms with Crippen LogP contribution in [0, 0.1) is 5.92 Å². The lowest BCUT2D eigenvalue weighted by atomic mass is 9.80. The molecule has 4 heteroatoms. The van der Waals surface area contributed by atoms with E-state index in [2.05, 4.69) is 31.5 Å². The Hall–Kier alpha value is -0.450. The lowest BCUT2D eigenvalue weighted by Gasteiger charge is -2.36. The summed E-state index contributed by atoms with van der Waals surface area (Å²) in [7, 11) is 1.84. The first kappa shape index (κ1) is 14.9. The van der Waals surface area contributed by atoms with E-state index >= 15 is 0 Å². The summed E-state index contributed by atoms with van der Waals surface area (Å²) in [4.78, 5) is 4.85. The van der Waals surface area contributed by atoms with Crippen LogP contribution in [0.3, 0.4) is 0 Å². The molecule has 0 aliphatic heterocycles. The van der Waals surface area contributed by atoms with Gasteiger partial charge < -0.3 is 10.1 Å². The maximum absolute atomic E-state index is 5.89. The van der Waals surface area contributed by atoms with E-state index in [4.69, 9.17) is 9.72 Å². The second-order valence-corrected chi connectivity index (χ2v) is 6.60. The molecule has 19 heavy (non-hydrogen) atoms. The largest absolute Gasteiger partial charge is 0.371 e. The topological polar surface area (TPSA) is 34.1 Å². The van der Waals surface area contributed by atoms with Crippen LogP contribution in [0.2, 0.25) is 0 Å². The molecular weight excluding hydrogens is 256 g/mol. The average Bonchev–Trinajstić information content (AvgIpc) is 2.91. The molecule has 1 N–H and O–H groups in total. The molecule has 0 radical (unpaired) electrons. The molecule has 1 aliphatic carbocycles. The summed E-state index contributed by atoms with van der Waals surface area (Å²) in [6, 6.07) is 0.325. The van der Waals surface area contributed by atoms with E-state index in [9.17, 15) is 0 Å². The third-order valence-corrected chi connectivity index (χ3v) is 5.38. The first-order chi connectivity index (χ1) is 9.11. The molecule has 1 unspecified atom stereocenters. The molecule has 1 heterocycles. The maximum atomic E-state index is 5.89. The van der Waals surface area contributed by atoms with E-state index in [1.807, 2.05) is 7.11 Å². The minimum Gasteiger partial charge on any atom is -0.371 e. The van der Waals surface area contributed by atoms with Crippen LogP contribution in [0.1, 0.15) is 63.2 Å². The van der Waals surface area contributed by atoms with E-state index in [0.717, 1.165) is 31.0 Å².